The predicted octanol–water partition coefficient (Wildman–Crippen LogP) is 2.62. The van der Waals surface area contributed by atoms with Crippen LogP contribution in [0.25, 0.3) is 0 Å². The Bertz CT molecular complexity index is 545. The molecule has 0 aliphatic carbocycles. The van der Waals surface area contributed by atoms with Crippen LogP contribution in [0.1, 0.15) is 25.8 Å². The van der Waals surface area contributed by atoms with E-state index in [1.54, 1.807) is 22.8 Å². The molecule has 0 aromatic heterocycles. The SMILES string of the molecule is CCC(=O)N1CCN(c2ccc(Cl)cc2C)C(=O)[C@H]1C. The lowest BCUT2D eigenvalue weighted by atomic mass is 10.1. The highest BCUT2D eigenvalue weighted by Gasteiger charge is 2.34. The standard InChI is InChI=1S/C15H19ClN2O2/c1-4-14(19)17-7-8-18(15(20)11(17)3)13-6-5-12(16)9-10(13)2/h5-6,9,11H,4,7-8H2,1-3H3/t11-/m1/s1. The third kappa shape index (κ3) is 2.66. The van der Waals surface area contributed by atoms with Crippen molar-refractivity contribution in [3.05, 3.63) is 28.8 Å². The summed E-state index contributed by atoms with van der Waals surface area (Å²) >= 11 is 5.95. The summed E-state index contributed by atoms with van der Waals surface area (Å²) in [4.78, 5) is 27.7. The highest BCUT2D eigenvalue weighted by atomic mass is 35.5. The zero-order chi connectivity index (χ0) is 14.9. The largest absolute Gasteiger partial charge is 0.329 e. The molecule has 0 unspecified atom stereocenters. The quantitative estimate of drug-likeness (QED) is 0.841. The zero-order valence-electron chi connectivity index (χ0n) is 12.0. The van der Waals surface area contributed by atoms with Crippen molar-refractivity contribution in [2.24, 2.45) is 0 Å². The van der Waals surface area contributed by atoms with Crippen LogP contribution in [0.2, 0.25) is 5.02 Å². The van der Waals surface area contributed by atoms with Crippen LogP contribution < -0.4 is 4.90 Å². The van der Waals surface area contributed by atoms with E-state index in [9.17, 15) is 9.59 Å². The molecular weight excluding hydrogens is 276 g/mol. The fourth-order valence-corrected chi connectivity index (χ4v) is 2.80. The lowest BCUT2D eigenvalue weighted by Gasteiger charge is -2.39. The Balaban J connectivity index is 2.24. The van der Waals surface area contributed by atoms with Crippen LogP contribution in [-0.2, 0) is 9.59 Å². The van der Waals surface area contributed by atoms with Crippen molar-refractivity contribution >= 4 is 29.1 Å². The van der Waals surface area contributed by atoms with Gasteiger partial charge in [-0.1, -0.05) is 18.5 Å². The molecular formula is C15H19ClN2O2. The molecule has 1 heterocycles. The second kappa shape index (κ2) is 5.83. The van der Waals surface area contributed by atoms with Crippen molar-refractivity contribution in [1.82, 2.24) is 4.90 Å². The minimum Gasteiger partial charge on any atom is -0.329 e. The minimum atomic E-state index is -0.411. The molecule has 0 saturated carbocycles. The van der Waals surface area contributed by atoms with Crippen LogP contribution in [0, 0.1) is 6.92 Å². The van der Waals surface area contributed by atoms with E-state index in [1.807, 2.05) is 26.0 Å². The van der Waals surface area contributed by atoms with Crippen molar-refractivity contribution in [3.63, 3.8) is 0 Å². The zero-order valence-corrected chi connectivity index (χ0v) is 12.8. The van der Waals surface area contributed by atoms with E-state index < -0.39 is 6.04 Å². The molecule has 1 aliphatic rings. The lowest BCUT2D eigenvalue weighted by Crippen LogP contribution is -2.57. The van der Waals surface area contributed by atoms with Crippen LogP contribution in [0.15, 0.2) is 18.2 Å². The maximum absolute atomic E-state index is 12.5. The van der Waals surface area contributed by atoms with Crippen molar-refractivity contribution < 1.29 is 9.59 Å². The van der Waals surface area contributed by atoms with Crippen molar-refractivity contribution in [2.45, 2.75) is 33.2 Å². The number of halogens is 1. The molecule has 1 aromatic carbocycles. The summed E-state index contributed by atoms with van der Waals surface area (Å²) in [6.45, 7) is 6.63. The second-order valence-corrected chi connectivity index (χ2v) is 5.47. The summed E-state index contributed by atoms with van der Waals surface area (Å²) < 4.78 is 0. The van der Waals surface area contributed by atoms with E-state index in [0.29, 0.717) is 24.5 Å². The van der Waals surface area contributed by atoms with Crippen LogP contribution in [0.4, 0.5) is 5.69 Å². The van der Waals surface area contributed by atoms with Gasteiger partial charge in [0.05, 0.1) is 0 Å². The predicted molar refractivity (Wildman–Crippen MR) is 80.0 cm³/mol. The van der Waals surface area contributed by atoms with Gasteiger partial charge in [-0.25, -0.2) is 0 Å². The van der Waals surface area contributed by atoms with Crippen LogP contribution >= 0.6 is 11.6 Å². The molecule has 1 aliphatic heterocycles. The van der Waals surface area contributed by atoms with Gasteiger partial charge >= 0.3 is 0 Å². The highest BCUT2D eigenvalue weighted by molar-refractivity contribution is 6.30. The van der Waals surface area contributed by atoms with Gasteiger partial charge in [0.2, 0.25) is 11.8 Å². The summed E-state index contributed by atoms with van der Waals surface area (Å²) in [6, 6.07) is 5.08. The van der Waals surface area contributed by atoms with Gasteiger partial charge in [-0.15, -0.1) is 0 Å². The molecule has 0 spiro atoms. The Kier molecular flexibility index (Phi) is 4.33. The van der Waals surface area contributed by atoms with E-state index in [4.69, 9.17) is 11.6 Å². The molecule has 1 aromatic rings. The van der Waals surface area contributed by atoms with Crippen LogP contribution in [0.3, 0.4) is 0 Å². The number of rotatable bonds is 2. The van der Waals surface area contributed by atoms with Gasteiger partial charge in [-0.3, -0.25) is 9.59 Å². The first-order chi connectivity index (χ1) is 9.45. The maximum atomic E-state index is 12.5. The molecule has 2 amide bonds. The average Bonchev–Trinajstić information content (AvgIpc) is 2.42. The summed E-state index contributed by atoms with van der Waals surface area (Å²) in [6.07, 6.45) is 0.428. The van der Waals surface area contributed by atoms with Gasteiger partial charge in [0.1, 0.15) is 6.04 Å². The number of nitrogens with zero attached hydrogens (tertiary/aromatic N) is 2. The summed E-state index contributed by atoms with van der Waals surface area (Å²) in [5.41, 5.74) is 1.84. The van der Waals surface area contributed by atoms with Crippen molar-refractivity contribution in [2.75, 3.05) is 18.0 Å². The van der Waals surface area contributed by atoms with Gasteiger partial charge in [-0.2, -0.15) is 0 Å². The number of amides is 2. The molecule has 108 valence electrons. The summed E-state index contributed by atoms with van der Waals surface area (Å²) in [7, 11) is 0. The smallest absolute Gasteiger partial charge is 0.249 e. The molecule has 5 heteroatoms. The molecule has 2 rings (SSSR count). The van der Waals surface area contributed by atoms with E-state index in [-0.39, 0.29) is 11.8 Å². The van der Waals surface area contributed by atoms with Gasteiger partial charge < -0.3 is 9.80 Å². The number of anilines is 1. The monoisotopic (exact) mass is 294 g/mol. The maximum Gasteiger partial charge on any atom is 0.249 e. The van der Waals surface area contributed by atoms with Gasteiger partial charge in [0.15, 0.2) is 0 Å². The number of benzene rings is 1. The van der Waals surface area contributed by atoms with Gasteiger partial charge in [-0.05, 0) is 37.6 Å². The minimum absolute atomic E-state index is 0.0262. The molecule has 1 fully saturated rings. The first-order valence-electron chi connectivity index (χ1n) is 6.82. The van der Waals surface area contributed by atoms with Gasteiger partial charge in [0, 0.05) is 30.2 Å². The molecule has 1 atom stereocenters. The average molecular weight is 295 g/mol. The number of carbonyl (C=O) groups excluding carboxylic acids is 2. The molecule has 0 N–H and O–H groups in total. The molecule has 1 saturated heterocycles. The molecule has 4 nitrogen and oxygen atoms in total. The van der Waals surface area contributed by atoms with Gasteiger partial charge in [0.25, 0.3) is 0 Å². The van der Waals surface area contributed by atoms with E-state index >= 15 is 0 Å². The van der Waals surface area contributed by atoms with Crippen molar-refractivity contribution in [3.8, 4) is 0 Å². The Labute approximate surface area is 124 Å². The van der Waals surface area contributed by atoms with Crippen LogP contribution in [0.5, 0.6) is 0 Å². The Hall–Kier alpha value is -1.55. The fraction of sp³-hybridized carbons (Fsp3) is 0.467. The number of hydrogen-bond acceptors (Lipinski definition) is 2. The Morgan fingerprint density at radius 3 is 2.70 bits per heavy atom. The Morgan fingerprint density at radius 1 is 1.40 bits per heavy atom. The molecule has 0 bridgehead atoms. The second-order valence-electron chi connectivity index (χ2n) is 5.04. The topological polar surface area (TPSA) is 40.6 Å². The number of carbonyl (C=O) groups is 2. The Morgan fingerprint density at radius 2 is 2.10 bits per heavy atom. The van der Waals surface area contributed by atoms with E-state index in [1.165, 1.54) is 0 Å². The first-order valence-corrected chi connectivity index (χ1v) is 7.20. The van der Waals surface area contributed by atoms with E-state index in [0.717, 1.165) is 11.3 Å². The fourth-order valence-electron chi connectivity index (χ4n) is 2.58. The van der Waals surface area contributed by atoms with Crippen molar-refractivity contribution in [1.29, 1.82) is 0 Å². The summed E-state index contributed by atoms with van der Waals surface area (Å²) in [5.74, 6) is -0.0122. The lowest BCUT2D eigenvalue weighted by molar-refractivity contribution is -0.140. The van der Waals surface area contributed by atoms with Crippen LogP contribution in [-0.4, -0.2) is 35.8 Å². The third-order valence-electron chi connectivity index (χ3n) is 3.73. The third-order valence-corrected chi connectivity index (χ3v) is 3.96. The molecule has 20 heavy (non-hydrogen) atoms. The molecule has 0 radical (unpaired) electrons. The number of hydrogen-bond donors (Lipinski definition) is 0. The van der Waals surface area contributed by atoms with E-state index in [2.05, 4.69) is 0 Å². The normalized spacial score (nSPS) is 19.4. The highest BCUT2D eigenvalue weighted by Crippen LogP contribution is 2.26. The number of piperazine rings is 1. The first kappa shape index (κ1) is 14.9. The number of aryl methyl sites for hydroxylation is 1. The summed E-state index contributed by atoms with van der Waals surface area (Å²) in [5, 5.41) is 0.659.